The van der Waals surface area contributed by atoms with Crippen molar-refractivity contribution in [1.29, 1.82) is 0 Å². The number of carbonyl (C=O) groups excluding carboxylic acids is 1. The molecular formula is C13H16BrNO3. The van der Waals surface area contributed by atoms with Crippen LogP contribution in [-0.4, -0.2) is 31.3 Å². The molecule has 0 unspecified atom stereocenters. The lowest BCUT2D eigenvalue weighted by molar-refractivity contribution is 0.0934. The van der Waals surface area contributed by atoms with E-state index < -0.39 is 0 Å². The molecule has 0 aromatic heterocycles. The standard InChI is InChI=1S/C13H16BrNO3/c1-18-9-2-3-10(11(14)6-9)12(17)15-7-13(8-16)4-5-13/h2-3,6,16H,4-5,7-8H2,1H3,(H,15,17). The summed E-state index contributed by atoms with van der Waals surface area (Å²) in [5.41, 5.74) is 0.499. The summed E-state index contributed by atoms with van der Waals surface area (Å²) < 4.78 is 5.78. The molecule has 1 amide bonds. The highest BCUT2D eigenvalue weighted by Crippen LogP contribution is 2.44. The normalized spacial score (nSPS) is 16.2. The van der Waals surface area contributed by atoms with Crippen molar-refractivity contribution < 1.29 is 14.6 Å². The Morgan fingerprint density at radius 2 is 2.28 bits per heavy atom. The molecule has 1 aliphatic rings. The molecule has 1 aromatic rings. The molecule has 1 aromatic carbocycles. The number of rotatable bonds is 5. The van der Waals surface area contributed by atoms with Gasteiger partial charge in [0.2, 0.25) is 0 Å². The van der Waals surface area contributed by atoms with E-state index in [1.807, 2.05) is 0 Å². The van der Waals surface area contributed by atoms with Crippen molar-refractivity contribution in [2.75, 3.05) is 20.3 Å². The van der Waals surface area contributed by atoms with E-state index in [0.717, 1.165) is 12.8 Å². The number of aliphatic hydroxyl groups is 1. The van der Waals surface area contributed by atoms with E-state index in [2.05, 4.69) is 21.2 Å². The van der Waals surface area contributed by atoms with Crippen LogP contribution >= 0.6 is 15.9 Å². The fourth-order valence-corrected chi connectivity index (χ4v) is 2.28. The highest BCUT2D eigenvalue weighted by Gasteiger charge is 2.42. The minimum atomic E-state index is -0.135. The summed E-state index contributed by atoms with van der Waals surface area (Å²) in [6, 6.07) is 5.23. The summed E-state index contributed by atoms with van der Waals surface area (Å²) in [5, 5.41) is 12.0. The molecule has 0 bridgehead atoms. The van der Waals surface area contributed by atoms with Gasteiger partial charge in [-0.1, -0.05) is 0 Å². The van der Waals surface area contributed by atoms with Crippen molar-refractivity contribution in [3.8, 4) is 5.75 Å². The Bertz CT molecular complexity index is 458. The fraction of sp³-hybridized carbons (Fsp3) is 0.462. The van der Waals surface area contributed by atoms with Crippen molar-refractivity contribution in [2.45, 2.75) is 12.8 Å². The predicted molar refractivity (Wildman–Crippen MR) is 71.8 cm³/mol. The van der Waals surface area contributed by atoms with E-state index in [-0.39, 0.29) is 17.9 Å². The molecule has 18 heavy (non-hydrogen) atoms. The number of nitrogens with one attached hydrogen (secondary N) is 1. The van der Waals surface area contributed by atoms with Crippen LogP contribution in [0, 0.1) is 5.41 Å². The smallest absolute Gasteiger partial charge is 0.252 e. The first kappa shape index (κ1) is 13.4. The minimum Gasteiger partial charge on any atom is -0.497 e. The van der Waals surface area contributed by atoms with Crippen LogP contribution in [0.15, 0.2) is 22.7 Å². The highest BCUT2D eigenvalue weighted by atomic mass is 79.9. The molecule has 0 aliphatic heterocycles. The number of halogens is 1. The molecule has 0 heterocycles. The first-order chi connectivity index (χ1) is 8.60. The average molecular weight is 314 g/mol. The molecule has 98 valence electrons. The van der Waals surface area contributed by atoms with Gasteiger partial charge in [0.1, 0.15) is 5.75 Å². The molecule has 2 N–H and O–H groups in total. The van der Waals surface area contributed by atoms with Crippen LogP contribution in [-0.2, 0) is 0 Å². The maximum atomic E-state index is 12.0. The Kier molecular flexibility index (Phi) is 3.92. The van der Waals surface area contributed by atoms with E-state index in [0.29, 0.717) is 22.3 Å². The summed E-state index contributed by atoms with van der Waals surface area (Å²) >= 11 is 3.35. The van der Waals surface area contributed by atoms with Crippen LogP contribution in [0.5, 0.6) is 5.75 Å². The summed E-state index contributed by atoms with van der Waals surface area (Å²) in [5.74, 6) is 0.566. The van der Waals surface area contributed by atoms with Gasteiger partial charge >= 0.3 is 0 Å². The van der Waals surface area contributed by atoms with Crippen LogP contribution in [0.1, 0.15) is 23.2 Å². The van der Waals surface area contributed by atoms with E-state index >= 15 is 0 Å². The van der Waals surface area contributed by atoms with Crippen molar-refractivity contribution in [3.05, 3.63) is 28.2 Å². The number of methoxy groups -OCH3 is 1. The minimum absolute atomic E-state index is 0.0748. The highest BCUT2D eigenvalue weighted by molar-refractivity contribution is 9.10. The third-order valence-corrected chi connectivity index (χ3v) is 3.99. The van der Waals surface area contributed by atoms with Gasteiger partial charge in [0, 0.05) is 16.4 Å². The van der Waals surface area contributed by atoms with Crippen LogP contribution in [0.25, 0.3) is 0 Å². The lowest BCUT2D eigenvalue weighted by Gasteiger charge is -2.13. The molecule has 0 atom stereocenters. The van der Waals surface area contributed by atoms with Crippen LogP contribution < -0.4 is 10.1 Å². The van der Waals surface area contributed by atoms with Gasteiger partial charge in [-0.25, -0.2) is 0 Å². The van der Waals surface area contributed by atoms with Gasteiger partial charge < -0.3 is 15.2 Å². The molecular weight excluding hydrogens is 298 g/mol. The second kappa shape index (κ2) is 5.28. The Hall–Kier alpha value is -1.07. The average Bonchev–Trinajstić information content (AvgIpc) is 3.16. The summed E-state index contributed by atoms with van der Waals surface area (Å²) in [4.78, 5) is 12.0. The molecule has 5 heteroatoms. The van der Waals surface area contributed by atoms with Crippen LogP contribution in [0.3, 0.4) is 0 Å². The van der Waals surface area contributed by atoms with Crippen molar-refractivity contribution >= 4 is 21.8 Å². The lowest BCUT2D eigenvalue weighted by Crippen LogP contribution is -2.32. The van der Waals surface area contributed by atoms with Crippen molar-refractivity contribution in [1.82, 2.24) is 5.32 Å². The van der Waals surface area contributed by atoms with E-state index in [1.54, 1.807) is 25.3 Å². The second-order valence-electron chi connectivity index (χ2n) is 4.69. The molecule has 0 spiro atoms. The Morgan fingerprint density at radius 3 is 2.78 bits per heavy atom. The molecule has 0 saturated heterocycles. The number of hydrogen-bond acceptors (Lipinski definition) is 3. The monoisotopic (exact) mass is 313 g/mol. The zero-order valence-electron chi connectivity index (χ0n) is 10.2. The number of aliphatic hydroxyl groups excluding tert-OH is 1. The first-order valence-corrected chi connectivity index (χ1v) is 6.62. The van der Waals surface area contributed by atoms with Gasteiger partial charge in [-0.2, -0.15) is 0 Å². The van der Waals surface area contributed by atoms with Crippen molar-refractivity contribution in [2.24, 2.45) is 5.41 Å². The molecule has 0 radical (unpaired) electrons. The van der Waals surface area contributed by atoms with Crippen LogP contribution in [0.4, 0.5) is 0 Å². The Labute approximate surface area is 114 Å². The van der Waals surface area contributed by atoms with Gasteiger partial charge in [0.15, 0.2) is 0 Å². The third kappa shape index (κ3) is 2.84. The van der Waals surface area contributed by atoms with Gasteiger partial charge in [-0.15, -0.1) is 0 Å². The zero-order valence-corrected chi connectivity index (χ0v) is 11.8. The molecule has 1 aliphatic carbocycles. The zero-order chi connectivity index (χ0) is 13.2. The molecule has 1 fully saturated rings. The largest absolute Gasteiger partial charge is 0.497 e. The number of amides is 1. The topological polar surface area (TPSA) is 58.6 Å². The molecule has 4 nitrogen and oxygen atoms in total. The Balaban J connectivity index is 2.00. The summed E-state index contributed by atoms with van der Waals surface area (Å²) in [7, 11) is 1.58. The van der Waals surface area contributed by atoms with E-state index in [1.165, 1.54) is 0 Å². The van der Waals surface area contributed by atoms with Gasteiger partial charge in [0.05, 0.1) is 19.3 Å². The molecule has 1 saturated carbocycles. The van der Waals surface area contributed by atoms with E-state index in [9.17, 15) is 9.90 Å². The predicted octanol–water partition coefficient (Wildman–Crippen LogP) is 1.96. The lowest BCUT2D eigenvalue weighted by atomic mass is 10.1. The number of carbonyl (C=O) groups is 1. The van der Waals surface area contributed by atoms with Crippen molar-refractivity contribution in [3.63, 3.8) is 0 Å². The molecule has 2 rings (SSSR count). The maximum absolute atomic E-state index is 12.0. The number of benzene rings is 1. The quantitative estimate of drug-likeness (QED) is 0.873. The summed E-state index contributed by atoms with van der Waals surface area (Å²) in [6.45, 7) is 0.665. The van der Waals surface area contributed by atoms with Gasteiger partial charge in [0.25, 0.3) is 5.91 Å². The Morgan fingerprint density at radius 1 is 1.56 bits per heavy atom. The van der Waals surface area contributed by atoms with Gasteiger partial charge in [-0.05, 0) is 47.0 Å². The SMILES string of the molecule is COc1ccc(C(=O)NCC2(CO)CC2)c(Br)c1. The number of ether oxygens (including phenoxy) is 1. The maximum Gasteiger partial charge on any atom is 0.252 e. The third-order valence-electron chi connectivity index (χ3n) is 3.34. The second-order valence-corrected chi connectivity index (χ2v) is 5.54. The van der Waals surface area contributed by atoms with Gasteiger partial charge in [-0.3, -0.25) is 4.79 Å². The number of hydrogen-bond donors (Lipinski definition) is 2. The summed E-state index contributed by atoms with van der Waals surface area (Å²) in [6.07, 6.45) is 1.96. The van der Waals surface area contributed by atoms with Crippen LogP contribution in [0.2, 0.25) is 0 Å². The first-order valence-electron chi connectivity index (χ1n) is 5.83. The van der Waals surface area contributed by atoms with E-state index in [4.69, 9.17) is 4.74 Å². The fourth-order valence-electron chi connectivity index (χ4n) is 1.74.